The molecule has 3 aromatic rings. The van der Waals surface area contributed by atoms with Crippen LogP contribution in [0, 0.1) is 11.6 Å². The molecule has 25 heavy (non-hydrogen) atoms. The first-order valence-electron chi connectivity index (χ1n) is 7.35. The monoisotopic (exact) mass is 364 g/mol. The second-order valence-corrected chi connectivity index (χ2v) is 6.95. The van der Waals surface area contributed by atoms with Crippen molar-refractivity contribution in [3.05, 3.63) is 66.5 Å². The summed E-state index contributed by atoms with van der Waals surface area (Å²) in [5, 5.41) is 4.30. The van der Waals surface area contributed by atoms with Gasteiger partial charge in [0.2, 0.25) is 10.0 Å². The van der Waals surface area contributed by atoms with Crippen LogP contribution >= 0.6 is 0 Å². The Morgan fingerprint density at radius 3 is 2.48 bits per heavy atom. The Hall–Kier alpha value is -2.65. The molecule has 130 valence electrons. The van der Waals surface area contributed by atoms with Crippen molar-refractivity contribution in [2.24, 2.45) is 0 Å². The summed E-state index contributed by atoms with van der Waals surface area (Å²) in [6.07, 6.45) is 3.35. The Morgan fingerprint density at radius 1 is 1.04 bits per heavy atom. The summed E-state index contributed by atoms with van der Waals surface area (Å²) in [6.45, 7) is 0.271. The highest BCUT2D eigenvalue weighted by Gasteiger charge is 2.16. The summed E-state index contributed by atoms with van der Waals surface area (Å²) >= 11 is 0. The topological polar surface area (TPSA) is 76.9 Å². The molecule has 9 heteroatoms. The molecule has 2 heterocycles. The number of hydrogen-bond donors (Lipinski definition) is 1. The molecule has 0 atom stereocenters. The van der Waals surface area contributed by atoms with E-state index in [1.165, 1.54) is 0 Å². The van der Waals surface area contributed by atoms with Gasteiger partial charge in [-0.05, 0) is 30.3 Å². The Morgan fingerprint density at radius 2 is 1.80 bits per heavy atom. The van der Waals surface area contributed by atoms with Crippen molar-refractivity contribution in [1.82, 2.24) is 19.5 Å². The minimum atomic E-state index is -4.00. The van der Waals surface area contributed by atoms with Gasteiger partial charge in [-0.15, -0.1) is 0 Å². The fourth-order valence-electron chi connectivity index (χ4n) is 2.20. The van der Waals surface area contributed by atoms with Gasteiger partial charge in [0.25, 0.3) is 0 Å². The van der Waals surface area contributed by atoms with Gasteiger partial charge in [0.1, 0.15) is 17.3 Å². The third-order valence-corrected chi connectivity index (χ3v) is 4.79. The van der Waals surface area contributed by atoms with Gasteiger partial charge >= 0.3 is 0 Å². The summed E-state index contributed by atoms with van der Waals surface area (Å²) in [4.78, 5) is 3.72. The van der Waals surface area contributed by atoms with Crippen molar-refractivity contribution in [3.8, 4) is 11.4 Å². The third-order valence-electron chi connectivity index (χ3n) is 3.35. The van der Waals surface area contributed by atoms with E-state index in [0.717, 1.165) is 12.1 Å². The molecule has 0 aliphatic heterocycles. The quantitative estimate of drug-likeness (QED) is 0.727. The number of sulfonamides is 1. The Bertz CT molecular complexity index is 955. The van der Waals surface area contributed by atoms with E-state index >= 15 is 0 Å². The normalized spacial score (nSPS) is 11.6. The first kappa shape index (κ1) is 17.2. The Labute approximate surface area is 143 Å². The van der Waals surface area contributed by atoms with Crippen LogP contribution in [0.15, 0.2) is 59.8 Å². The van der Waals surface area contributed by atoms with Crippen molar-refractivity contribution in [1.29, 1.82) is 0 Å². The largest absolute Gasteiger partial charge is 0.271 e. The molecule has 0 amide bonds. The van der Waals surface area contributed by atoms with Crippen LogP contribution < -0.4 is 4.72 Å². The van der Waals surface area contributed by atoms with E-state index in [1.54, 1.807) is 29.2 Å². The van der Waals surface area contributed by atoms with Gasteiger partial charge < -0.3 is 0 Å². The average molecular weight is 364 g/mol. The molecule has 1 aromatic carbocycles. The van der Waals surface area contributed by atoms with Gasteiger partial charge in [-0.2, -0.15) is 5.10 Å². The molecule has 0 radical (unpaired) electrons. The molecular formula is C16H14F2N4O2S. The highest BCUT2D eigenvalue weighted by atomic mass is 32.2. The molecule has 0 unspecified atom stereocenters. The summed E-state index contributed by atoms with van der Waals surface area (Å²) in [5.74, 6) is -1.90. The van der Waals surface area contributed by atoms with Crippen molar-refractivity contribution >= 4 is 10.0 Å². The van der Waals surface area contributed by atoms with Crippen LogP contribution in [0.3, 0.4) is 0 Å². The smallest absolute Gasteiger partial charge is 0.240 e. The molecule has 3 rings (SSSR count). The van der Waals surface area contributed by atoms with Crippen molar-refractivity contribution < 1.29 is 17.2 Å². The fraction of sp³-hybridized carbons (Fsp3) is 0.125. The molecule has 0 aliphatic rings. The number of aromatic nitrogens is 3. The highest BCUT2D eigenvalue weighted by molar-refractivity contribution is 7.89. The summed E-state index contributed by atoms with van der Waals surface area (Å²) in [5.41, 5.74) is 1.37. The maximum absolute atomic E-state index is 13.2. The highest BCUT2D eigenvalue weighted by Crippen LogP contribution is 2.14. The minimum absolute atomic E-state index is 0.0177. The zero-order valence-electron chi connectivity index (χ0n) is 12.9. The molecule has 0 saturated carbocycles. The second kappa shape index (κ2) is 7.08. The van der Waals surface area contributed by atoms with Gasteiger partial charge in [0, 0.05) is 25.0 Å². The molecule has 0 fully saturated rings. The number of pyridine rings is 1. The van der Waals surface area contributed by atoms with Crippen LogP contribution in [-0.2, 0) is 16.6 Å². The van der Waals surface area contributed by atoms with E-state index in [4.69, 9.17) is 0 Å². The Balaban J connectivity index is 1.64. The minimum Gasteiger partial charge on any atom is -0.271 e. The summed E-state index contributed by atoms with van der Waals surface area (Å²) in [6, 6.07) is 9.35. The molecule has 1 N–H and O–H groups in total. The number of benzene rings is 1. The first-order chi connectivity index (χ1) is 11.9. The third kappa shape index (κ3) is 4.25. The zero-order chi connectivity index (χ0) is 17.9. The van der Waals surface area contributed by atoms with Crippen LogP contribution in [0.1, 0.15) is 0 Å². The number of nitrogens with one attached hydrogen (secondary N) is 1. The van der Waals surface area contributed by atoms with Crippen molar-refractivity contribution in [3.63, 3.8) is 0 Å². The lowest BCUT2D eigenvalue weighted by Crippen LogP contribution is -2.27. The van der Waals surface area contributed by atoms with Crippen LogP contribution in [0.25, 0.3) is 11.4 Å². The maximum atomic E-state index is 13.2. The maximum Gasteiger partial charge on any atom is 0.240 e. The molecular weight excluding hydrogens is 350 g/mol. The molecule has 0 aliphatic carbocycles. The van der Waals surface area contributed by atoms with E-state index in [9.17, 15) is 17.2 Å². The lowest BCUT2D eigenvalue weighted by molar-refractivity contribution is 0.551. The number of halogens is 2. The van der Waals surface area contributed by atoms with E-state index in [1.807, 2.05) is 12.1 Å². The molecule has 6 nitrogen and oxygen atoms in total. The van der Waals surface area contributed by atoms with Crippen molar-refractivity contribution in [2.45, 2.75) is 11.4 Å². The molecule has 0 bridgehead atoms. The number of nitrogens with zero attached hydrogens (tertiary/aromatic N) is 3. The van der Waals surface area contributed by atoms with E-state index < -0.39 is 26.6 Å². The van der Waals surface area contributed by atoms with Gasteiger partial charge in [-0.1, -0.05) is 6.07 Å². The summed E-state index contributed by atoms with van der Waals surface area (Å²) in [7, 11) is -4.00. The van der Waals surface area contributed by atoms with Crippen LogP contribution in [0.5, 0.6) is 0 Å². The molecule has 0 saturated heterocycles. The molecule has 2 aromatic heterocycles. The van der Waals surface area contributed by atoms with E-state index in [-0.39, 0.29) is 13.1 Å². The lowest BCUT2D eigenvalue weighted by atomic mass is 10.3. The van der Waals surface area contributed by atoms with Crippen molar-refractivity contribution in [2.75, 3.05) is 6.54 Å². The summed E-state index contributed by atoms with van der Waals surface area (Å²) < 4.78 is 54.3. The molecule has 0 spiro atoms. The van der Waals surface area contributed by atoms with Crippen LogP contribution in [0.4, 0.5) is 8.78 Å². The predicted octanol–water partition coefficient (Wildman–Crippen LogP) is 2.20. The fourth-order valence-corrected chi connectivity index (χ4v) is 3.26. The van der Waals surface area contributed by atoms with Crippen LogP contribution in [0.2, 0.25) is 0 Å². The SMILES string of the molecule is O=S(=O)(NCCn1ccc(-c2ccccn2)n1)c1cc(F)cc(F)c1. The lowest BCUT2D eigenvalue weighted by Gasteiger charge is -2.07. The van der Waals surface area contributed by atoms with Gasteiger partial charge in [0.15, 0.2) is 0 Å². The Kier molecular flexibility index (Phi) is 4.86. The predicted molar refractivity (Wildman–Crippen MR) is 87.0 cm³/mol. The van der Waals surface area contributed by atoms with Crippen LogP contribution in [-0.4, -0.2) is 29.7 Å². The number of hydrogen-bond acceptors (Lipinski definition) is 4. The standard InChI is InChI=1S/C16H14F2N4O2S/c17-12-9-13(18)11-14(10-12)25(23,24)20-6-8-22-7-4-16(21-22)15-3-1-2-5-19-15/h1-5,7,9-11,20H,6,8H2. The van der Waals surface area contributed by atoms with Gasteiger partial charge in [-0.25, -0.2) is 21.9 Å². The van der Waals surface area contributed by atoms with E-state index in [2.05, 4.69) is 14.8 Å². The van der Waals surface area contributed by atoms with Gasteiger partial charge in [0.05, 0.1) is 17.1 Å². The zero-order valence-corrected chi connectivity index (χ0v) is 13.7. The second-order valence-electron chi connectivity index (χ2n) is 5.18. The first-order valence-corrected chi connectivity index (χ1v) is 8.83. The number of rotatable bonds is 6. The average Bonchev–Trinajstić information content (AvgIpc) is 3.03. The van der Waals surface area contributed by atoms with Gasteiger partial charge in [-0.3, -0.25) is 9.67 Å². The van der Waals surface area contributed by atoms with E-state index in [0.29, 0.717) is 17.5 Å².